The van der Waals surface area contributed by atoms with Gasteiger partial charge in [-0.25, -0.2) is 0 Å². The van der Waals surface area contributed by atoms with Crippen LogP contribution < -0.4 is 10.1 Å². The maximum Gasteiger partial charge on any atom is 0.323 e. The van der Waals surface area contributed by atoms with Crippen LogP contribution in [0.15, 0.2) is 30.3 Å². The van der Waals surface area contributed by atoms with Crippen molar-refractivity contribution in [3.63, 3.8) is 0 Å². The van der Waals surface area contributed by atoms with E-state index in [1.54, 1.807) is 6.92 Å². The first-order valence-electron chi connectivity index (χ1n) is 6.25. The van der Waals surface area contributed by atoms with Crippen LogP contribution in [0.1, 0.15) is 27.2 Å². The molecule has 0 heterocycles. The third-order valence-electron chi connectivity index (χ3n) is 2.62. The molecule has 18 heavy (non-hydrogen) atoms. The third kappa shape index (κ3) is 5.19. The Kier molecular flexibility index (Phi) is 6.22. The second-order valence-corrected chi connectivity index (χ2v) is 4.18. The Morgan fingerprint density at radius 1 is 1.28 bits per heavy atom. The Hall–Kier alpha value is -1.55. The van der Waals surface area contributed by atoms with Gasteiger partial charge in [0, 0.05) is 0 Å². The lowest BCUT2D eigenvalue weighted by molar-refractivity contribution is -0.150. The van der Waals surface area contributed by atoms with E-state index < -0.39 is 0 Å². The van der Waals surface area contributed by atoms with Crippen LogP contribution in [0.4, 0.5) is 0 Å². The molecule has 1 aromatic rings. The fourth-order valence-corrected chi connectivity index (χ4v) is 1.23. The first kappa shape index (κ1) is 14.5. The Morgan fingerprint density at radius 2 is 1.94 bits per heavy atom. The van der Waals surface area contributed by atoms with E-state index in [0.717, 1.165) is 12.2 Å². The van der Waals surface area contributed by atoms with Gasteiger partial charge in [0.15, 0.2) is 0 Å². The van der Waals surface area contributed by atoms with Crippen molar-refractivity contribution < 1.29 is 14.3 Å². The number of carbonyl (C=O) groups is 1. The molecule has 0 aliphatic rings. The number of esters is 1. The molecule has 0 aliphatic carbocycles. The van der Waals surface area contributed by atoms with Gasteiger partial charge in [0.05, 0.1) is 6.10 Å². The van der Waals surface area contributed by atoms with Crippen LogP contribution in [-0.4, -0.2) is 24.8 Å². The van der Waals surface area contributed by atoms with Crippen molar-refractivity contribution in [2.24, 2.45) is 0 Å². The largest absolute Gasteiger partial charge is 0.478 e. The SMILES string of the molecule is CC[C@H](C)OC(=O)[C@H](C)NCOc1ccccc1. The standard InChI is InChI=1S/C14H21NO3/c1-4-11(2)18-14(16)12(3)15-10-17-13-8-6-5-7-9-13/h5-9,11-12,15H,4,10H2,1-3H3/t11-,12-/m0/s1. The molecular formula is C14H21NO3. The van der Waals surface area contributed by atoms with Gasteiger partial charge in [0.1, 0.15) is 18.5 Å². The summed E-state index contributed by atoms with van der Waals surface area (Å²) in [6.07, 6.45) is 0.774. The van der Waals surface area contributed by atoms with Gasteiger partial charge in [-0.05, 0) is 32.4 Å². The van der Waals surface area contributed by atoms with E-state index in [-0.39, 0.29) is 24.8 Å². The number of carbonyl (C=O) groups excluding carboxylic acids is 1. The van der Waals surface area contributed by atoms with Crippen molar-refractivity contribution in [2.75, 3.05) is 6.73 Å². The van der Waals surface area contributed by atoms with Crippen molar-refractivity contribution >= 4 is 5.97 Å². The molecule has 100 valence electrons. The van der Waals surface area contributed by atoms with Crippen LogP contribution in [0.5, 0.6) is 5.75 Å². The number of rotatable bonds is 7. The maximum absolute atomic E-state index is 11.6. The lowest BCUT2D eigenvalue weighted by Gasteiger charge is -2.17. The number of hydrogen-bond donors (Lipinski definition) is 1. The number of hydrogen-bond acceptors (Lipinski definition) is 4. The van der Waals surface area contributed by atoms with Gasteiger partial charge in [-0.3, -0.25) is 10.1 Å². The average Bonchev–Trinajstić information content (AvgIpc) is 2.39. The first-order chi connectivity index (χ1) is 8.63. The second-order valence-electron chi connectivity index (χ2n) is 4.18. The van der Waals surface area contributed by atoms with Gasteiger partial charge in [0.25, 0.3) is 0 Å². The summed E-state index contributed by atoms with van der Waals surface area (Å²) in [5.41, 5.74) is 0. The molecule has 0 saturated carbocycles. The topological polar surface area (TPSA) is 47.6 Å². The number of para-hydroxylation sites is 1. The van der Waals surface area contributed by atoms with E-state index in [0.29, 0.717) is 0 Å². The van der Waals surface area contributed by atoms with E-state index in [4.69, 9.17) is 9.47 Å². The van der Waals surface area contributed by atoms with Gasteiger partial charge >= 0.3 is 5.97 Å². The highest BCUT2D eigenvalue weighted by Crippen LogP contribution is 2.07. The van der Waals surface area contributed by atoms with Crippen molar-refractivity contribution in [3.8, 4) is 5.75 Å². The summed E-state index contributed by atoms with van der Waals surface area (Å²) in [4.78, 5) is 11.6. The molecule has 0 unspecified atom stereocenters. The van der Waals surface area contributed by atoms with Crippen molar-refractivity contribution in [1.82, 2.24) is 5.32 Å². The number of benzene rings is 1. The fraction of sp³-hybridized carbons (Fsp3) is 0.500. The lowest BCUT2D eigenvalue weighted by atomic mass is 10.3. The van der Waals surface area contributed by atoms with E-state index in [1.807, 2.05) is 44.2 Å². The van der Waals surface area contributed by atoms with Crippen molar-refractivity contribution in [2.45, 2.75) is 39.3 Å². The molecule has 0 aromatic heterocycles. The Bertz CT molecular complexity index is 353. The number of ether oxygens (including phenoxy) is 2. The second kappa shape index (κ2) is 7.71. The molecule has 2 atom stereocenters. The van der Waals surface area contributed by atoms with E-state index in [9.17, 15) is 4.79 Å². The maximum atomic E-state index is 11.6. The first-order valence-corrected chi connectivity index (χ1v) is 6.25. The summed E-state index contributed by atoms with van der Waals surface area (Å²) in [7, 11) is 0. The Morgan fingerprint density at radius 3 is 2.56 bits per heavy atom. The van der Waals surface area contributed by atoms with Gasteiger partial charge in [-0.2, -0.15) is 0 Å². The molecular weight excluding hydrogens is 230 g/mol. The molecule has 1 aromatic carbocycles. The van der Waals surface area contributed by atoms with Crippen molar-refractivity contribution in [1.29, 1.82) is 0 Å². The van der Waals surface area contributed by atoms with Crippen LogP contribution in [-0.2, 0) is 9.53 Å². The van der Waals surface area contributed by atoms with Crippen LogP contribution in [0.3, 0.4) is 0 Å². The van der Waals surface area contributed by atoms with Crippen LogP contribution >= 0.6 is 0 Å². The zero-order chi connectivity index (χ0) is 13.4. The smallest absolute Gasteiger partial charge is 0.323 e. The molecule has 0 bridgehead atoms. The molecule has 0 aliphatic heterocycles. The molecule has 0 fully saturated rings. The van der Waals surface area contributed by atoms with E-state index in [1.165, 1.54) is 0 Å². The molecule has 0 saturated heterocycles. The summed E-state index contributed by atoms with van der Waals surface area (Å²) in [6, 6.07) is 9.08. The van der Waals surface area contributed by atoms with Crippen LogP contribution in [0.2, 0.25) is 0 Å². The molecule has 4 heteroatoms. The highest BCUT2D eigenvalue weighted by molar-refractivity contribution is 5.75. The van der Waals surface area contributed by atoms with Gasteiger partial charge in [-0.1, -0.05) is 25.1 Å². The molecule has 0 amide bonds. The minimum Gasteiger partial charge on any atom is -0.478 e. The highest BCUT2D eigenvalue weighted by Gasteiger charge is 2.15. The zero-order valence-corrected chi connectivity index (χ0v) is 11.2. The summed E-state index contributed by atoms with van der Waals surface area (Å²) in [5.74, 6) is 0.522. The molecule has 1 rings (SSSR count). The summed E-state index contributed by atoms with van der Waals surface area (Å²) < 4.78 is 10.6. The molecule has 4 nitrogen and oxygen atoms in total. The predicted octanol–water partition coefficient (Wildman–Crippen LogP) is 2.34. The summed E-state index contributed by atoms with van der Waals surface area (Å²) in [5, 5.41) is 2.96. The normalized spacial score (nSPS) is 13.7. The molecule has 0 radical (unpaired) electrons. The van der Waals surface area contributed by atoms with Gasteiger partial charge < -0.3 is 9.47 Å². The Labute approximate surface area is 108 Å². The van der Waals surface area contributed by atoms with Crippen molar-refractivity contribution in [3.05, 3.63) is 30.3 Å². The van der Waals surface area contributed by atoms with Gasteiger partial charge in [0.2, 0.25) is 0 Å². The quantitative estimate of drug-likeness (QED) is 0.597. The lowest BCUT2D eigenvalue weighted by Crippen LogP contribution is -2.38. The van der Waals surface area contributed by atoms with E-state index in [2.05, 4.69) is 5.32 Å². The monoisotopic (exact) mass is 251 g/mol. The predicted molar refractivity (Wildman–Crippen MR) is 70.4 cm³/mol. The third-order valence-corrected chi connectivity index (χ3v) is 2.62. The zero-order valence-electron chi connectivity index (χ0n) is 11.2. The van der Waals surface area contributed by atoms with Crippen LogP contribution in [0, 0.1) is 0 Å². The summed E-state index contributed by atoms with van der Waals surface area (Å²) in [6.45, 7) is 5.90. The Balaban J connectivity index is 2.24. The molecule has 1 N–H and O–H groups in total. The fourth-order valence-electron chi connectivity index (χ4n) is 1.23. The average molecular weight is 251 g/mol. The highest BCUT2D eigenvalue weighted by atomic mass is 16.5. The van der Waals surface area contributed by atoms with Gasteiger partial charge in [-0.15, -0.1) is 0 Å². The summed E-state index contributed by atoms with van der Waals surface area (Å²) >= 11 is 0. The minimum atomic E-state index is -0.372. The van der Waals surface area contributed by atoms with Crippen LogP contribution in [0.25, 0.3) is 0 Å². The van der Waals surface area contributed by atoms with E-state index >= 15 is 0 Å². The molecule has 0 spiro atoms. The minimum absolute atomic E-state index is 0.0446. The number of nitrogens with one attached hydrogen (secondary N) is 1.